The van der Waals surface area contributed by atoms with Gasteiger partial charge in [-0.1, -0.05) is 20.3 Å². The molecule has 0 amide bonds. The van der Waals surface area contributed by atoms with Crippen molar-refractivity contribution in [3.8, 4) is 5.88 Å². The fourth-order valence-corrected chi connectivity index (χ4v) is 4.06. The van der Waals surface area contributed by atoms with E-state index in [1.54, 1.807) is 18.3 Å². The number of rotatable bonds is 4. The third-order valence-electron chi connectivity index (χ3n) is 3.28. The summed E-state index contributed by atoms with van der Waals surface area (Å²) < 4.78 is 32.0. The molecule has 1 aromatic rings. The molecule has 0 bridgehead atoms. The highest BCUT2D eigenvalue weighted by molar-refractivity contribution is 7.92. The van der Waals surface area contributed by atoms with Gasteiger partial charge in [0.1, 0.15) is 11.8 Å². The predicted molar refractivity (Wildman–Crippen MR) is 74.9 cm³/mol. The van der Waals surface area contributed by atoms with Crippen LogP contribution in [0.3, 0.4) is 0 Å². The predicted octanol–water partition coefficient (Wildman–Crippen LogP) is 2.04. The molecule has 2 heterocycles. The molecule has 1 aliphatic rings. The SMILES string of the molecule is CCC(C)CS(=O)(=O)N1CC(C)Oc2ncccc21. The molecule has 2 atom stereocenters. The topological polar surface area (TPSA) is 59.5 Å². The molecule has 0 fully saturated rings. The van der Waals surface area contributed by atoms with Gasteiger partial charge in [-0.3, -0.25) is 4.31 Å². The Morgan fingerprint density at radius 2 is 2.32 bits per heavy atom. The molecular weight excluding hydrogens is 264 g/mol. The molecule has 2 unspecified atom stereocenters. The lowest BCUT2D eigenvalue weighted by molar-refractivity contribution is 0.210. The molecular formula is C13H20N2O3S. The van der Waals surface area contributed by atoms with Crippen molar-refractivity contribution in [3.05, 3.63) is 18.3 Å². The number of sulfonamides is 1. The minimum absolute atomic E-state index is 0.142. The molecule has 0 N–H and O–H groups in total. The first-order valence-corrected chi connectivity index (χ1v) is 8.17. The summed E-state index contributed by atoms with van der Waals surface area (Å²) in [6, 6.07) is 3.46. The molecule has 0 saturated carbocycles. The molecule has 0 aliphatic carbocycles. The zero-order valence-electron chi connectivity index (χ0n) is 11.5. The van der Waals surface area contributed by atoms with Crippen LogP contribution >= 0.6 is 0 Å². The first-order valence-electron chi connectivity index (χ1n) is 6.56. The highest BCUT2D eigenvalue weighted by Crippen LogP contribution is 2.33. The molecule has 19 heavy (non-hydrogen) atoms. The summed E-state index contributed by atoms with van der Waals surface area (Å²) in [5, 5.41) is 0. The van der Waals surface area contributed by atoms with E-state index in [1.165, 1.54) is 4.31 Å². The fourth-order valence-electron chi connectivity index (χ4n) is 2.05. The van der Waals surface area contributed by atoms with Crippen molar-refractivity contribution in [1.29, 1.82) is 0 Å². The molecule has 5 nitrogen and oxygen atoms in total. The second kappa shape index (κ2) is 5.36. The van der Waals surface area contributed by atoms with Crippen molar-refractivity contribution >= 4 is 15.7 Å². The molecule has 1 aromatic heterocycles. The third kappa shape index (κ3) is 3.00. The number of nitrogens with zero attached hydrogens (tertiary/aromatic N) is 2. The van der Waals surface area contributed by atoms with Crippen LogP contribution < -0.4 is 9.04 Å². The highest BCUT2D eigenvalue weighted by atomic mass is 32.2. The summed E-state index contributed by atoms with van der Waals surface area (Å²) in [5.41, 5.74) is 0.545. The van der Waals surface area contributed by atoms with Crippen molar-refractivity contribution in [2.75, 3.05) is 16.6 Å². The van der Waals surface area contributed by atoms with Crippen LogP contribution in [0.1, 0.15) is 27.2 Å². The molecule has 2 rings (SSSR count). The van der Waals surface area contributed by atoms with E-state index in [0.29, 0.717) is 18.1 Å². The summed E-state index contributed by atoms with van der Waals surface area (Å²) in [6.45, 7) is 6.14. The fraction of sp³-hybridized carbons (Fsp3) is 0.615. The van der Waals surface area contributed by atoms with E-state index in [1.807, 2.05) is 20.8 Å². The number of hydrogen-bond acceptors (Lipinski definition) is 4. The summed E-state index contributed by atoms with van der Waals surface area (Å²) in [7, 11) is -3.33. The highest BCUT2D eigenvalue weighted by Gasteiger charge is 2.32. The van der Waals surface area contributed by atoms with Crippen molar-refractivity contribution < 1.29 is 13.2 Å². The summed E-state index contributed by atoms with van der Waals surface area (Å²) in [5.74, 6) is 0.696. The standard InChI is InChI=1S/C13H20N2O3S/c1-4-10(2)9-19(16,17)15-8-11(3)18-13-12(15)6-5-7-14-13/h5-7,10-11H,4,8-9H2,1-3H3. The van der Waals surface area contributed by atoms with Crippen LogP contribution in [0.25, 0.3) is 0 Å². The number of fused-ring (bicyclic) bond motifs is 1. The van der Waals surface area contributed by atoms with Gasteiger partial charge in [0.2, 0.25) is 15.9 Å². The van der Waals surface area contributed by atoms with E-state index >= 15 is 0 Å². The molecule has 106 valence electrons. The van der Waals surface area contributed by atoms with Crippen molar-refractivity contribution in [2.45, 2.75) is 33.3 Å². The molecule has 0 saturated heterocycles. The second-order valence-corrected chi connectivity index (χ2v) is 7.02. The molecule has 6 heteroatoms. The van der Waals surface area contributed by atoms with E-state index in [9.17, 15) is 8.42 Å². The van der Waals surface area contributed by atoms with E-state index in [0.717, 1.165) is 6.42 Å². The van der Waals surface area contributed by atoms with Gasteiger partial charge in [-0.05, 0) is 25.0 Å². The van der Waals surface area contributed by atoms with Crippen LogP contribution in [-0.2, 0) is 10.0 Å². The quantitative estimate of drug-likeness (QED) is 0.849. The van der Waals surface area contributed by atoms with Gasteiger partial charge in [-0.25, -0.2) is 13.4 Å². The molecule has 1 aliphatic heterocycles. The van der Waals surface area contributed by atoms with Gasteiger partial charge in [0.25, 0.3) is 0 Å². The summed E-state index contributed by atoms with van der Waals surface area (Å²) in [4.78, 5) is 4.10. The van der Waals surface area contributed by atoms with Crippen molar-refractivity contribution in [1.82, 2.24) is 4.98 Å². The first kappa shape index (κ1) is 14.1. The Morgan fingerprint density at radius 1 is 1.58 bits per heavy atom. The van der Waals surface area contributed by atoms with Gasteiger partial charge in [0.05, 0.1) is 12.3 Å². The second-order valence-electron chi connectivity index (χ2n) is 5.08. The van der Waals surface area contributed by atoms with Crippen LogP contribution in [0.4, 0.5) is 5.69 Å². The Bertz CT molecular complexity index is 545. The Labute approximate surface area is 114 Å². The maximum Gasteiger partial charge on any atom is 0.238 e. The normalized spacial score (nSPS) is 20.6. The third-order valence-corrected chi connectivity index (χ3v) is 5.29. The van der Waals surface area contributed by atoms with Crippen LogP contribution in [-0.4, -0.2) is 31.8 Å². The minimum atomic E-state index is -3.33. The summed E-state index contributed by atoms with van der Waals surface area (Å²) in [6.07, 6.45) is 2.27. The van der Waals surface area contributed by atoms with Gasteiger partial charge in [0.15, 0.2) is 0 Å². The lowest BCUT2D eigenvalue weighted by Crippen LogP contribution is -2.44. The van der Waals surface area contributed by atoms with Crippen LogP contribution in [0.15, 0.2) is 18.3 Å². The Hall–Kier alpha value is -1.30. The number of hydrogen-bond donors (Lipinski definition) is 0. The lowest BCUT2D eigenvalue weighted by Gasteiger charge is -2.33. The molecule has 0 aromatic carbocycles. The smallest absolute Gasteiger partial charge is 0.238 e. The Balaban J connectivity index is 2.35. The lowest BCUT2D eigenvalue weighted by atomic mass is 10.2. The number of anilines is 1. The maximum atomic E-state index is 12.5. The van der Waals surface area contributed by atoms with E-state index in [4.69, 9.17) is 4.74 Å². The van der Waals surface area contributed by atoms with E-state index in [2.05, 4.69) is 4.98 Å². The van der Waals surface area contributed by atoms with Gasteiger partial charge in [-0.2, -0.15) is 0 Å². The van der Waals surface area contributed by atoms with Crippen LogP contribution in [0.5, 0.6) is 5.88 Å². The number of ether oxygens (including phenoxy) is 1. The summed E-state index contributed by atoms with van der Waals surface area (Å²) >= 11 is 0. The van der Waals surface area contributed by atoms with Crippen molar-refractivity contribution in [3.63, 3.8) is 0 Å². The van der Waals surface area contributed by atoms with E-state index in [-0.39, 0.29) is 17.8 Å². The van der Waals surface area contributed by atoms with Gasteiger partial charge < -0.3 is 4.74 Å². The first-order chi connectivity index (χ1) is 8.94. The Kier molecular flexibility index (Phi) is 3.99. The average Bonchev–Trinajstić information content (AvgIpc) is 2.37. The van der Waals surface area contributed by atoms with Gasteiger partial charge in [0, 0.05) is 6.20 Å². The maximum absolute atomic E-state index is 12.5. The zero-order chi connectivity index (χ0) is 14.0. The zero-order valence-corrected chi connectivity index (χ0v) is 12.4. The minimum Gasteiger partial charge on any atom is -0.471 e. The molecule has 0 spiro atoms. The van der Waals surface area contributed by atoms with Crippen LogP contribution in [0.2, 0.25) is 0 Å². The van der Waals surface area contributed by atoms with Crippen LogP contribution in [0, 0.1) is 5.92 Å². The number of pyridine rings is 1. The molecule has 0 radical (unpaired) electrons. The largest absolute Gasteiger partial charge is 0.471 e. The Morgan fingerprint density at radius 3 is 3.00 bits per heavy atom. The average molecular weight is 284 g/mol. The van der Waals surface area contributed by atoms with Gasteiger partial charge in [-0.15, -0.1) is 0 Å². The van der Waals surface area contributed by atoms with E-state index < -0.39 is 10.0 Å². The monoisotopic (exact) mass is 284 g/mol. The van der Waals surface area contributed by atoms with Gasteiger partial charge >= 0.3 is 0 Å². The number of aromatic nitrogens is 1. The van der Waals surface area contributed by atoms with Crippen molar-refractivity contribution in [2.24, 2.45) is 5.92 Å².